The molecular formula is C22H27N7O2S. The monoisotopic (exact) mass is 453 g/mol. The second-order valence-corrected chi connectivity index (χ2v) is 8.67. The number of primary amides is 1. The first-order valence-corrected chi connectivity index (χ1v) is 11.4. The maximum Gasteiger partial charge on any atom is 0.336 e. The molecule has 168 valence electrons. The number of nitrogen functional groups attached to an aromatic ring is 1. The molecular weight excluding hydrogens is 426 g/mol. The second kappa shape index (κ2) is 9.31. The zero-order valence-corrected chi connectivity index (χ0v) is 18.7. The van der Waals surface area contributed by atoms with Gasteiger partial charge in [-0.1, -0.05) is 31.5 Å². The largest absolute Gasteiger partial charge is 0.397 e. The van der Waals surface area contributed by atoms with E-state index in [2.05, 4.69) is 22.7 Å². The quantitative estimate of drug-likeness (QED) is 0.425. The lowest BCUT2D eigenvalue weighted by atomic mass is 10.1. The van der Waals surface area contributed by atoms with Crippen molar-refractivity contribution in [2.24, 2.45) is 5.73 Å². The van der Waals surface area contributed by atoms with E-state index in [4.69, 9.17) is 16.5 Å². The molecule has 1 aromatic carbocycles. The molecule has 3 aromatic rings. The zero-order chi connectivity index (χ0) is 22.7. The molecule has 0 unspecified atom stereocenters. The number of nitrogens with one attached hydrogen (secondary N) is 2. The summed E-state index contributed by atoms with van der Waals surface area (Å²) in [5.74, 6) is 0.305. The third-order valence-corrected chi connectivity index (χ3v) is 6.60. The van der Waals surface area contributed by atoms with Crippen LogP contribution in [-0.4, -0.2) is 48.0 Å². The molecule has 1 aliphatic rings. The molecule has 3 heterocycles. The number of para-hydroxylation sites is 1. The summed E-state index contributed by atoms with van der Waals surface area (Å²) >= 11 is 1.24. The number of hydrazine groups is 1. The van der Waals surface area contributed by atoms with E-state index < -0.39 is 5.91 Å². The Morgan fingerprint density at radius 1 is 1.16 bits per heavy atom. The number of amides is 3. The number of nitrogens with two attached hydrogens (primary N) is 2. The summed E-state index contributed by atoms with van der Waals surface area (Å²) < 4.78 is 0. The van der Waals surface area contributed by atoms with Crippen molar-refractivity contribution in [3.05, 3.63) is 46.8 Å². The number of rotatable bonds is 6. The highest BCUT2D eigenvalue weighted by Crippen LogP contribution is 2.37. The van der Waals surface area contributed by atoms with Crippen LogP contribution in [0.25, 0.3) is 10.2 Å². The third-order valence-electron chi connectivity index (χ3n) is 5.49. The van der Waals surface area contributed by atoms with Gasteiger partial charge in [-0.05, 0) is 30.2 Å². The molecule has 1 fully saturated rings. The molecule has 10 heteroatoms. The number of carbonyl (C=O) groups excluding carboxylic acids is 2. The minimum absolute atomic E-state index is 0.166. The average Bonchev–Trinajstić information content (AvgIpc) is 3.15. The van der Waals surface area contributed by atoms with E-state index >= 15 is 0 Å². The molecule has 32 heavy (non-hydrogen) atoms. The number of fused-ring (bicyclic) bond motifs is 1. The predicted molar refractivity (Wildman–Crippen MR) is 129 cm³/mol. The van der Waals surface area contributed by atoms with Gasteiger partial charge in [-0.2, -0.15) is 0 Å². The zero-order valence-electron chi connectivity index (χ0n) is 17.9. The van der Waals surface area contributed by atoms with Gasteiger partial charge in [-0.15, -0.1) is 11.3 Å². The minimum Gasteiger partial charge on any atom is -0.397 e. The number of aromatic nitrogens is 1. The Bertz CT molecular complexity index is 1120. The Hall–Kier alpha value is -3.53. The number of benzene rings is 1. The molecule has 4 rings (SSSR count). The summed E-state index contributed by atoms with van der Waals surface area (Å²) in [6.45, 7) is 4.57. The molecule has 1 saturated heterocycles. The molecule has 9 nitrogen and oxygen atoms in total. The molecule has 6 N–H and O–H groups in total. The minimum atomic E-state index is -0.529. The number of piperazine rings is 1. The number of thiophene rings is 1. The van der Waals surface area contributed by atoms with Crippen molar-refractivity contribution in [2.75, 3.05) is 42.2 Å². The van der Waals surface area contributed by atoms with Crippen LogP contribution in [0.3, 0.4) is 0 Å². The highest BCUT2D eigenvalue weighted by Gasteiger charge is 2.24. The summed E-state index contributed by atoms with van der Waals surface area (Å²) in [6, 6.07) is 11.4. The first-order chi connectivity index (χ1) is 15.5. The highest BCUT2D eigenvalue weighted by molar-refractivity contribution is 7.21. The topological polar surface area (TPSA) is 130 Å². The molecule has 0 aliphatic carbocycles. The number of hydrogen-bond donors (Lipinski definition) is 4. The number of pyridine rings is 1. The summed E-state index contributed by atoms with van der Waals surface area (Å²) in [6.07, 6.45) is 1.78. The molecule has 0 atom stereocenters. The number of anilines is 3. The first kappa shape index (κ1) is 21.7. The number of hydrogen-bond acceptors (Lipinski definition) is 7. The molecule has 0 saturated carbocycles. The molecule has 1 aliphatic heterocycles. The van der Waals surface area contributed by atoms with Crippen LogP contribution in [-0.2, 0) is 6.42 Å². The normalized spacial score (nSPS) is 13.9. The van der Waals surface area contributed by atoms with Gasteiger partial charge < -0.3 is 21.3 Å². The van der Waals surface area contributed by atoms with Crippen molar-refractivity contribution in [1.82, 2.24) is 15.3 Å². The lowest BCUT2D eigenvalue weighted by Gasteiger charge is -2.35. The van der Waals surface area contributed by atoms with E-state index in [-0.39, 0.29) is 6.03 Å². The van der Waals surface area contributed by atoms with E-state index in [9.17, 15) is 9.59 Å². The van der Waals surface area contributed by atoms with E-state index in [1.165, 1.54) is 11.3 Å². The van der Waals surface area contributed by atoms with Crippen LogP contribution in [0.4, 0.5) is 22.0 Å². The van der Waals surface area contributed by atoms with Crippen molar-refractivity contribution in [3.63, 3.8) is 0 Å². The third kappa shape index (κ3) is 4.40. The van der Waals surface area contributed by atoms with Crippen molar-refractivity contribution < 1.29 is 9.59 Å². The summed E-state index contributed by atoms with van der Waals surface area (Å²) in [5, 5.41) is 0.833. The fraction of sp³-hybridized carbons (Fsp3) is 0.318. The van der Waals surface area contributed by atoms with Crippen molar-refractivity contribution in [3.8, 4) is 0 Å². The van der Waals surface area contributed by atoms with E-state index in [0.717, 1.165) is 40.1 Å². The standard InChI is InChI=1S/C22H27N7O2S/c1-2-6-14-13-16(25-21-17(14)18(23)19(32-21)20(24)30)28-9-11-29(12-10-28)22(31)27-26-15-7-4-3-5-8-15/h3-5,7-8,13,26H,2,6,9-12,23H2,1H3,(H2,24,30)(H,27,31). The van der Waals surface area contributed by atoms with E-state index in [1.807, 2.05) is 36.4 Å². The predicted octanol–water partition coefficient (Wildman–Crippen LogP) is 2.79. The SMILES string of the molecule is CCCc1cc(N2CCN(C(=O)NNc3ccccc3)CC2)nc2sc(C(N)=O)c(N)c12. The summed E-state index contributed by atoms with van der Waals surface area (Å²) in [5.41, 5.74) is 19.7. The fourth-order valence-corrected chi connectivity index (χ4v) is 4.85. The van der Waals surface area contributed by atoms with Gasteiger partial charge in [-0.25, -0.2) is 9.78 Å². The second-order valence-electron chi connectivity index (χ2n) is 7.67. The van der Waals surface area contributed by atoms with Gasteiger partial charge in [0.1, 0.15) is 15.5 Å². The van der Waals surface area contributed by atoms with Crippen LogP contribution in [0.15, 0.2) is 36.4 Å². The van der Waals surface area contributed by atoms with Crippen LogP contribution >= 0.6 is 11.3 Å². The van der Waals surface area contributed by atoms with Crippen molar-refractivity contribution >= 4 is 50.7 Å². The van der Waals surface area contributed by atoms with Crippen LogP contribution in [0.5, 0.6) is 0 Å². The Balaban J connectivity index is 1.46. The Morgan fingerprint density at radius 3 is 2.53 bits per heavy atom. The van der Waals surface area contributed by atoms with Crippen molar-refractivity contribution in [2.45, 2.75) is 19.8 Å². The van der Waals surface area contributed by atoms with Gasteiger partial charge in [-0.3, -0.25) is 15.6 Å². The van der Waals surface area contributed by atoms with Gasteiger partial charge in [0, 0.05) is 31.6 Å². The maximum absolute atomic E-state index is 12.5. The van der Waals surface area contributed by atoms with Gasteiger partial charge in [0.05, 0.1) is 11.4 Å². The Morgan fingerprint density at radius 2 is 1.88 bits per heavy atom. The van der Waals surface area contributed by atoms with Gasteiger partial charge in [0.2, 0.25) is 0 Å². The van der Waals surface area contributed by atoms with Crippen LogP contribution in [0.1, 0.15) is 28.6 Å². The van der Waals surface area contributed by atoms with E-state index in [0.29, 0.717) is 36.7 Å². The van der Waals surface area contributed by atoms with Crippen LogP contribution in [0.2, 0.25) is 0 Å². The average molecular weight is 454 g/mol. The number of urea groups is 1. The number of carbonyl (C=O) groups is 2. The number of nitrogens with zero attached hydrogens (tertiary/aromatic N) is 3. The summed E-state index contributed by atoms with van der Waals surface area (Å²) in [4.78, 5) is 34.0. The fourth-order valence-electron chi connectivity index (χ4n) is 3.86. The maximum atomic E-state index is 12.5. The van der Waals surface area contributed by atoms with Crippen molar-refractivity contribution in [1.29, 1.82) is 0 Å². The smallest absolute Gasteiger partial charge is 0.336 e. The van der Waals surface area contributed by atoms with Gasteiger partial charge in [0.15, 0.2) is 0 Å². The van der Waals surface area contributed by atoms with Gasteiger partial charge in [0.25, 0.3) is 5.91 Å². The molecule has 0 spiro atoms. The van der Waals surface area contributed by atoms with Crippen LogP contribution in [0, 0.1) is 0 Å². The highest BCUT2D eigenvalue weighted by atomic mass is 32.1. The molecule has 2 aromatic heterocycles. The lowest BCUT2D eigenvalue weighted by molar-refractivity contribution is 0.100. The lowest BCUT2D eigenvalue weighted by Crippen LogP contribution is -2.53. The first-order valence-electron chi connectivity index (χ1n) is 10.6. The van der Waals surface area contributed by atoms with E-state index in [1.54, 1.807) is 4.90 Å². The Kier molecular flexibility index (Phi) is 6.31. The van der Waals surface area contributed by atoms with Crippen LogP contribution < -0.4 is 27.2 Å². The molecule has 0 radical (unpaired) electrons. The number of aryl methyl sites for hydroxylation is 1. The molecule has 3 amide bonds. The van der Waals surface area contributed by atoms with Gasteiger partial charge >= 0.3 is 6.03 Å². The molecule has 0 bridgehead atoms. The summed E-state index contributed by atoms with van der Waals surface area (Å²) in [7, 11) is 0. The Labute approximate surface area is 190 Å².